The zero-order valence-corrected chi connectivity index (χ0v) is 13.8. The van der Waals surface area contributed by atoms with E-state index < -0.39 is 10.0 Å². The van der Waals surface area contributed by atoms with Crippen molar-refractivity contribution in [3.63, 3.8) is 0 Å². The Balaban J connectivity index is 2.96. The van der Waals surface area contributed by atoms with E-state index in [1.807, 2.05) is 14.0 Å². The maximum Gasteiger partial charge on any atom is 0.244 e. The molecule has 0 saturated carbocycles. The van der Waals surface area contributed by atoms with Crippen LogP contribution in [0.4, 0.5) is 0 Å². The average molecular weight is 316 g/mol. The van der Waals surface area contributed by atoms with Gasteiger partial charge in [-0.1, -0.05) is 6.07 Å². The van der Waals surface area contributed by atoms with Crippen molar-refractivity contribution in [2.24, 2.45) is 0 Å². The fourth-order valence-electron chi connectivity index (χ4n) is 1.91. The Bertz CT molecular complexity index is 546. The van der Waals surface area contributed by atoms with Gasteiger partial charge in [0.05, 0.1) is 13.7 Å². The molecule has 1 atom stereocenters. The lowest BCUT2D eigenvalue weighted by Gasteiger charge is -2.16. The zero-order valence-electron chi connectivity index (χ0n) is 13.0. The molecule has 0 bridgehead atoms. The quantitative estimate of drug-likeness (QED) is 0.714. The smallest absolute Gasteiger partial charge is 0.244 e. The van der Waals surface area contributed by atoms with Crippen molar-refractivity contribution in [3.8, 4) is 5.75 Å². The van der Waals surface area contributed by atoms with E-state index in [0.29, 0.717) is 25.5 Å². The summed E-state index contributed by atoms with van der Waals surface area (Å²) in [5.74, 6) is 0.332. The predicted octanol–water partition coefficient (Wildman–Crippen LogP) is 1.12. The maximum atomic E-state index is 12.4. The number of hydrogen-bond donors (Lipinski definition) is 2. The normalized spacial score (nSPS) is 13.1. The maximum absolute atomic E-state index is 12.4. The molecule has 0 aromatic heterocycles. The molecule has 1 aromatic rings. The Morgan fingerprint density at radius 1 is 1.33 bits per heavy atom. The van der Waals surface area contributed by atoms with Gasteiger partial charge in [0, 0.05) is 19.2 Å². The minimum Gasteiger partial charge on any atom is -0.495 e. The van der Waals surface area contributed by atoms with Gasteiger partial charge in [-0.3, -0.25) is 0 Å². The van der Waals surface area contributed by atoms with Crippen LogP contribution in [0, 0.1) is 0 Å². The monoisotopic (exact) mass is 316 g/mol. The summed E-state index contributed by atoms with van der Waals surface area (Å²) in [7, 11) is -0.353. The van der Waals surface area contributed by atoms with Crippen LogP contribution >= 0.6 is 0 Å². The molecule has 0 fully saturated rings. The van der Waals surface area contributed by atoms with Crippen LogP contribution in [0.1, 0.15) is 19.4 Å². The number of ether oxygens (including phenoxy) is 2. The standard InChI is InChI=1S/C14H24N2O4S/c1-5-20-10-11(2)16-21(17,18)14-7-6-12(9-15-3)8-13(14)19-4/h6-8,11,15-16H,5,9-10H2,1-4H3. The molecule has 0 aliphatic carbocycles. The first kappa shape index (κ1) is 17.9. The van der Waals surface area contributed by atoms with Crippen molar-refractivity contribution >= 4 is 10.0 Å². The molecule has 1 rings (SSSR count). The molecule has 21 heavy (non-hydrogen) atoms. The van der Waals surface area contributed by atoms with Crippen molar-refractivity contribution in [1.82, 2.24) is 10.0 Å². The van der Waals surface area contributed by atoms with Gasteiger partial charge >= 0.3 is 0 Å². The molecule has 6 nitrogen and oxygen atoms in total. The van der Waals surface area contributed by atoms with Gasteiger partial charge in [0.2, 0.25) is 10.0 Å². The van der Waals surface area contributed by atoms with E-state index in [-0.39, 0.29) is 10.9 Å². The highest BCUT2D eigenvalue weighted by atomic mass is 32.2. The third-order valence-corrected chi connectivity index (χ3v) is 4.46. The van der Waals surface area contributed by atoms with Crippen LogP contribution in [-0.2, 0) is 21.3 Å². The summed E-state index contributed by atoms with van der Waals surface area (Å²) >= 11 is 0. The van der Waals surface area contributed by atoms with Gasteiger partial charge in [0.25, 0.3) is 0 Å². The summed E-state index contributed by atoms with van der Waals surface area (Å²) in [6.07, 6.45) is 0. The molecule has 0 heterocycles. The molecule has 0 saturated heterocycles. The van der Waals surface area contributed by atoms with Crippen LogP contribution in [-0.4, -0.2) is 41.8 Å². The highest BCUT2D eigenvalue weighted by Gasteiger charge is 2.22. The lowest BCUT2D eigenvalue weighted by Crippen LogP contribution is -2.36. The molecular weight excluding hydrogens is 292 g/mol. The molecular formula is C14H24N2O4S. The lowest BCUT2D eigenvalue weighted by atomic mass is 10.2. The first-order valence-electron chi connectivity index (χ1n) is 6.86. The van der Waals surface area contributed by atoms with Crippen LogP contribution in [0.25, 0.3) is 0 Å². The van der Waals surface area contributed by atoms with E-state index in [1.165, 1.54) is 7.11 Å². The SMILES string of the molecule is CCOCC(C)NS(=O)(=O)c1ccc(CNC)cc1OC. The van der Waals surface area contributed by atoms with Gasteiger partial charge in [-0.05, 0) is 38.6 Å². The summed E-state index contributed by atoms with van der Waals surface area (Å²) in [5.41, 5.74) is 0.954. The van der Waals surface area contributed by atoms with E-state index in [9.17, 15) is 8.42 Å². The van der Waals surface area contributed by atoms with Gasteiger partial charge in [0.1, 0.15) is 10.6 Å². The first-order valence-corrected chi connectivity index (χ1v) is 8.34. The fraction of sp³-hybridized carbons (Fsp3) is 0.571. The van der Waals surface area contributed by atoms with Crippen molar-refractivity contribution in [3.05, 3.63) is 23.8 Å². The van der Waals surface area contributed by atoms with Crippen LogP contribution in [0.15, 0.2) is 23.1 Å². The minimum atomic E-state index is -3.64. The summed E-state index contributed by atoms with van der Waals surface area (Å²) in [4.78, 5) is 0.133. The van der Waals surface area contributed by atoms with Gasteiger partial charge < -0.3 is 14.8 Å². The number of sulfonamides is 1. The van der Waals surface area contributed by atoms with Crippen LogP contribution in [0.3, 0.4) is 0 Å². The molecule has 2 N–H and O–H groups in total. The fourth-order valence-corrected chi connectivity index (χ4v) is 3.28. The number of methoxy groups -OCH3 is 1. The van der Waals surface area contributed by atoms with Gasteiger partial charge in [-0.2, -0.15) is 0 Å². The zero-order chi connectivity index (χ0) is 15.9. The van der Waals surface area contributed by atoms with Crippen molar-refractivity contribution in [1.29, 1.82) is 0 Å². The van der Waals surface area contributed by atoms with Crippen molar-refractivity contribution < 1.29 is 17.9 Å². The van der Waals surface area contributed by atoms with Crippen molar-refractivity contribution in [2.75, 3.05) is 27.4 Å². The molecule has 0 aliphatic heterocycles. The lowest BCUT2D eigenvalue weighted by molar-refractivity contribution is 0.133. The van der Waals surface area contributed by atoms with E-state index in [4.69, 9.17) is 9.47 Å². The first-order chi connectivity index (χ1) is 9.94. The summed E-state index contributed by atoms with van der Waals surface area (Å²) in [5, 5.41) is 3.01. The summed E-state index contributed by atoms with van der Waals surface area (Å²) in [6, 6.07) is 4.73. The Labute approximate surface area is 126 Å². The van der Waals surface area contributed by atoms with Crippen LogP contribution in [0.2, 0.25) is 0 Å². The second-order valence-corrected chi connectivity index (χ2v) is 6.38. The Morgan fingerprint density at radius 2 is 2.05 bits per heavy atom. The Hall–Kier alpha value is -1.15. The molecule has 0 radical (unpaired) electrons. The minimum absolute atomic E-state index is 0.133. The summed E-state index contributed by atoms with van der Waals surface area (Å²) in [6.45, 7) is 5.15. The number of nitrogens with one attached hydrogen (secondary N) is 2. The molecule has 7 heteroatoms. The van der Waals surface area contributed by atoms with Gasteiger partial charge in [-0.25, -0.2) is 13.1 Å². The molecule has 0 spiro atoms. The van der Waals surface area contributed by atoms with Crippen LogP contribution in [0.5, 0.6) is 5.75 Å². The van der Waals surface area contributed by atoms with Crippen molar-refractivity contribution in [2.45, 2.75) is 31.3 Å². The molecule has 1 unspecified atom stereocenters. The predicted molar refractivity (Wildman–Crippen MR) is 82.0 cm³/mol. The third-order valence-electron chi connectivity index (χ3n) is 2.83. The highest BCUT2D eigenvalue weighted by Crippen LogP contribution is 2.25. The molecule has 0 amide bonds. The Kier molecular flexibility index (Phi) is 7.10. The van der Waals surface area contributed by atoms with E-state index in [1.54, 1.807) is 25.1 Å². The average Bonchev–Trinajstić information content (AvgIpc) is 2.44. The molecule has 120 valence electrons. The third kappa shape index (κ3) is 5.28. The largest absolute Gasteiger partial charge is 0.495 e. The van der Waals surface area contributed by atoms with E-state index >= 15 is 0 Å². The Morgan fingerprint density at radius 3 is 2.62 bits per heavy atom. The number of rotatable bonds is 9. The highest BCUT2D eigenvalue weighted by molar-refractivity contribution is 7.89. The number of benzene rings is 1. The topological polar surface area (TPSA) is 76.7 Å². The van der Waals surface area contributed by atoms with Gasteiger partial charge in [0.15, 0.2) is 0 Å². The summed E-state index contributed by atoms with van der Waals surface area (Å²) < 4.78 is 37.8. The van der Waals surface area contributed by atoms with Crippen LogP contribution < -0.4 is 14.8 Å². The van der Waals surface area contributed by atoms with E-state index in [0.717, 1.165) is 5.56 Å². The van der Waals surface area contributed by atoms with Gasteiger partial charge in [-0.15, -0.1) is 0 Å². The molecule has 1 aromatic carbocycles. The number of hydrogen-bond acceptors (Lipinski definition) is 5. The second kappa shape index (κ2) is 8.33. The van der Waals surface area contributed by atoms with E-state index in [2.05, 4.69) is 10.0 Å². The second-order valence-electron chi connectivity index (χ2n) is 4.70. The molecule has 0 aliphatic rings.